The molecule has 11 heteroatoms. The van der Waals surface area contributed by atoms with E-state index in [1.165, 1.54) is 35.2 Å². The van der Waals surface area contributed by atoms with Gasteiger partial charge in [-0.3, -0.25) is 13.9 Å². The van der Waals surface area contributed by atoms with Gasteiger partial charge in [-0.05, 0) is 66.8 Å². The summed E-state index contributed by atoms with van der Waals surface area (Å²) in [4.78, 5) is 29.9. The number of hydrogen-bond acceptors (Lipinski definition) is 4. The van der Waals surface area contributed by atoms with E-state index in [-0.39, 0.29) is 35.5 Å². The van der Waals surface area contributed by atoms with Crippen molar-refractivity contribution in [3.05, 3.63) is 131 Å². The number of carbonyl (C=O) groups excluding carboxylic acids is 2. The highest BCUT2D eigenvalue weighted by Crippen LogP contribution is 2.33. The number of nitrogens with zero attached hydrogens (tertiary/aromatic N) is 2. The van der Waals surface area contributed by atoms with E-state index in [1.807, 2.05) is 61.5 Å². The Bertz CT molecular complexity index is 1810. The van der Waals surface area contributed by atoms with Crippen LogP contribution in [-0.4, -0.2) is 43.8 Å². The molecule has 2 amide bonds. The number of rotatable bonds is 12. The van der Waals surface area contributed by atoms with E-state index in [1.54, 1.807) is 6.07 Å². The van der Waals surface area contributed by atoms with Crippen LogP contribution in [0.4, 0.5) is 18.9 Å². The lowest BCUT2D eigenvalue weighted by Crippen LogP contribution is -2.54. The molecule has 4 aromatic carbocycles. The monoisotopic (exact) mass is 677 g/mol. The van der Waals surface area contributed by atoms with Crippen LogP contribution in [0.5, 0.6) is 0 Å². The first-order chi connectivity index (χ1) is 22.9. The highest BCUT2D eigenvalue weighted by atomic mass is 32.2. The molecule has 1 fully saturated rings. The number of carbonyl (C=O) groups is 2. The fourth-order valence-electron chi connectivity index (χ4n) is 5.98. The molecule has 1 saturated carbocycles. The lowest BCUT2D eigenvalue weighted by atomic mass is 10.0. The number of benzene rings is 4. The number of alkyl halides is 3. The van der Waals surface area contributed by atoms with Crippen molar-refractivity contribution in [2.75, 3.05) is 10.8 Å². The van der Waals surface area contributed by atoms with E-state index in [4.69, 9.17) is 0 Å². The molecular weight excluding hydrogens is 639 g/mol. The maximum Gasteiger partial charge on any atom is 0.416 e. The Balaban J connectivity index is 1.60. The Morgan fingerprint density at radius 1 is 0.854 bits per heavy atom. The number of anilines is 1. The van der Waals surface area contributed by atoms with Crippen LogP contribution in [0.15, 0.2) is 114 Å². The van der Waals surface area contributed by atoms with Gasteiger partial charge in [0.15, 0.2) is 0 Å². The first-order valence-corrected chi connectivity index (χ1v) is 17.3. The zero-order valence-corrected chi connectivity index (χ0v) is 27.4. The second-order valence-electron chi connectivity index (χ2n) is 12.0. The van der Waals surface area contributed by atoms with Crippen molar-refractivity contribution in [3.8, 4) is 0 Å². The number of amides is 2. The molecule has 0 aromatic heterocycles. The largest absolute Gasteiger partial charge is 0.416 e. The van der Waals surface area contributed by atoms with Crippen LogP contribution in [0.2, 0.25) is 0 Å². The highest BCUT2D eigenvalue weighted by molar-refractivity contribution is 7.92. The van der Waals surface area contributed by atoms with Crippen molar-refractivity contribution >= 4 is 27.5 Å². The van der Waals surface area contributed by atoms with E-state index in [9.17, 15) is 31.2 Å². The molecule has 0 spiro atoms. The molecule has 1 aliphatic rings. The number of hydrogen-bond donors (Lipinski definition) is 1. The fourth-order valence-corrected chi connectivity index (χ4v) is 7.41. The molecule has 0 unspecified atom stereocenters. The zero-order chi connectivity index (χ0) is 34.3. The summed E-state index contributed by atoms with van der Waals surface area (Å²) in [5.41, 5.74) is 1.01. The molecule has 4 aromatic rings. The normalized spacial score (nSPS) is 14.3. The summed E-state index contributed by atoms with van der Waals surface area (Å²) >= 11 is 0. The Hall–Kier alpha value is -4.64. The predicted octanol–water partition coefficient (Wildman–Crippen LogP) is 6.91. The van der Waals surface area contributed by atoms with Gasteiger partial charge in [-0.15, -0.1) is 0 Å². The van der Waals surface area contributed by atoms with Gasteiger partial charge >= 0.3 is 6.18 Å². The Labute approximate surface area is 279 Å². The van der Waals surface area contributed by atoms with Crippen molar-refractivity contribution in [1.29, 1.82) is 0 Å². The minimum absolute atomic E-state index is 0.0249. The minimum Gasteiger partial charge on any atom is -0.352 e. The summed E-state index contributed by atoms with van der Waals surface area (Å²) in [6, 6.07) is 26.6. The Morgan fingerprint density at radius 2 is 1.48 bits per heavy atom. The number of sulfonamides is 1. The molecule has 5 rings (SSSR count). The fraction of sp³-hybridized carbons (Fsp3) is 0.297. The zero-order valence-electron chi connectivity index (χ0n) is 26.6. The van der Waals surface area contributed by atoms with Crippen LogP contribution in [0.1, 0.15) is 47.9 Å². The highest BCUT2D eigenvalue weighted by Gasteiger charge is 2.37. The van der Waals surface area contributed by atoms with Crippen molar-refractivity contribution in [3.63, 3.8) is 0 Å². The van der Waals surface area contributed by atoms with Crippen LogP contribution < -0.4 is 9.62 Å². The van der Waals surface area contributed by atoms with Gasteiger partial charge < -0.3 is 10.2 Å². The third-order valence-electron chi connectivity index (χ3n) is 8.65. The maximum absolute atomic E-state index is 14.6. The van der Waals surface area contributed by atoms with Crippen molar-refractivity contribution in [2.45, 2.75) is 68.7 Å². The van der Waals surface area contributed by atoms with Gasteiger partial charge in [-0.25, -0.2) is 8.42 Å². The Morgan fingerprint density at radius 3 is 2.12 bits per heavy atom. The molecule has 0 heterocycles. The molecule has 252 valence electrons. The number of aryl methyl sites for hydroxylation is 1. The third-order valence-corrected chi connectivity index (χ3v) is 10.4. The van der Waals surface area contributed by atoms with E-state index >= 15 is 0 Å². The van der Waals surface area contributed by atoms with Crippen molar-refractivity contribution < 1.29 is 31.2 Å². The van der Waals surface area contributed by atoms with Gasteiger partial charge in [-0.1, -0.05) is 91.7 Å². The Kier molecular flexibility index (Phi) is 10.9. The summed E-state index contributed by atoms with van der Waals surface area (Å²) < 4.78 is 70.3. The number of nitrogens with one attached hydrogen (secondary N) is 1. The van der Waals surface area contributed by atoms with Crippen LogP contribution in [0, 0.1) is 6.92 Å². The predicted molar refractivity (Wildman–Crippen MR) is 178 cm³/mol. The third kappa shape index (κ3) is 8.44. The summed E-state index contributed by atoms with van der Waals surface area (Å²) in [6.45, 7) is 1.01. The van der Waals surface area contributed by atoms with Crippen molar-refractivity contribution in [1.82, 2.24) is 10.2 Å². The van der Waals surface area contributed by atoms with Crippen LogP contribution in [-0.2, 0) is 38.8 Å². The molecule has 1 atom stereocenters. The smallest absolute Gasteiger partial charge is 0.352 e. The summed E-state index contributed by atoms with van der Waals surface area (Å²) in [7, 11) is -4.53. The van der Waals surface area contributed by atoms with Crippen LogP contribution >= 0.6 is 0 Å². The van der Waals surface area contributed by atoms with Crippen molar-refractivity contribution in [2.24, 2.45) is 0 Å². The van der Waals surface area contributed by atoms with Crippen LogP contribution in [0.3, 0.4) is 0 Å². The average molecular weight is 678 g/mol. The standard InChI is InChI=1S/C37H38F3N3O4S/c1-27-13-8-9-16-29(27)25-42(34(23-28-14-4-2-5-15-28)36(45)41-31-18-10-11-19-31)35(44)26-43(48(46,47)33-21-6-3-7-22-33)32-20-12-17-30(24-32)37(38,39)40/h2-9,12-17,20-22,24,31,34H,10-11,18-19,23,25-26H2,1H3,(H,41,45)/t34-/m1/s1. The summed E-state index contributed by atoms with van der Waals surface area (Å²) in [5, 5.41) is 3.11. The molecule has 0 aliphatic heterocycles. The van der Waals surface area contributed by atoms with Gasteiger partial charge in [-0.2, -0.15) is 13.2 Å². The molecule has 0 radical (unpaired) electrons. The topological polar surface area (TPSA) is 86.8 Å². The van der Waals surface area contributed by atoms with Gasteiger partial charge in [0.2, 0.25) is 11.8 Å². The summed E-state index contributed by atoms with van der Waals surface area (Å²) in [6.07, 6.45) is -1.03. The van der Waals surface area contributed by atoms with E-state index in [0.29, 0.717) is 10.4 Å². The van der Waals surface area contributed by atoms with Crippen LogP contribution in [0.25, 0.3) is 0 Å². The summed E-state index contributed by atoms with van der Waals surface area (Å²) in [5.74, 6) is -1.11. The van der Waals surface area contributed by atoms with E-state index in [0.717, 1.165) is 54.5 Å². The van der Waals surface area contributed by atoms with E-state index in [2.05, 4.69) is 5.32 Å². The maximum atomic E-state index is 14.6. The molecule has 1 aliphatic carbocycles. The quantitative estimate of drug-likeness (QED) is 0.177. The molecule has 0 saturated heterocycles. The molecule has 7 nitrogen and oxygen atoms in total. The number of halogens is 3. The van der Waals surface area contributed by atoms with Gasteiger partial charge in [0.05, 0.1) is 16.1 Å². The van der Waals surface area contributed by atoms with E-state index < -0.39 is 40.3 Å². The second kappa shape index (κ2) is 15.1. The van der Waals surface area contributed by atoms with Gasteiger partial charge in [0.25, 0.3) is 10.0 Å². The first-order valence-electron chi connectivity index (χ1n) is 15.9. The molecule has 48 heavy (non-hydrogen) atoms. The van der Waals surface area contributed by atoms with Gasteiger partial charge in [0.1, 0.15) is 12.6 Å². The van der Waals surface area contributed by atoms with Gasteiger partial charge in [0, 0.05) is 19.0 Å². The average Bonchev–Trinajstić information content (AvgIpc) is 3.59. The minimum atomic E-state index is -4.75. The second-order valence-corrected chi connectivity index (χ2v) is 13.9. The lowest BCUT2D eigenvalue weighted by molar-refractivity contribution is -0.140. The SMILES string of the molecule is Cc1ccccc1CN(C(=O)CN(c1cccc(C(F)(F)F)c1)S(=O)(=O)c1ccccc1)[C@H](Cc1ccccc1)C(=O)NC1CCCC1. The molecule has 1 N–H and O–H groups in total. The molecular formula is C37H38F3N3O4S. The lowest BCUT2D eigenvalue weighted by Gasteiger charge is -2.34. The molecule has 0 bridgehead atoms. The first kappa shape index (κ1) is 34.7.